The van der Waals surface area contributed by atoms with Gasteiger partial charge in [-0.05, 0) is 47.0 Å². The topological polar surface area (TPSA) is 0 Å². The van der Waals surface area contributed by atoms with Gasteiger partial charge in [-0.15, -0.1) is 8.19 Å². The fraction of sp³-hybridized carbons (Fsp3) is 0.500. The molecule has 2 rings (SSSR count). The second kappa shape index (κ2) is 6.26. The van der Waals surface area contributed by atoms with Crippen molar-refractivity contribution in [2.24, 2.45) is 0 Å². The highest BCUT2D eigenvalue weighted by molar-refractivity contribution is 7.38. The molecule has 0 amide bonds. The first-order valence-corrected chi connectivity index (χ1v) is 7.95. The molecule has 1 unspecified atom stereocenters. The van der Waals surface area contributed by atoms with Gasteiger partial charge in [0.1, 0.15) is 0 Å². The van der Waals surface area contributed by atoms with Crippen LogP contribution in [-0.4, -0.2) is 0 Å². The largest absolute Gasteiger partial charge is 0.128 e. The maximum Gasteiger partial charge on any atom is -0.00127 e. The highest BCUT2D eigenvalue weighted by Crippen LogP contribution is 2.37. The lowest BCUT2D eigenvalue weighted by Crippen LogP contribution is -1.89. The zero-order valence-electron chi connectivity index (χ0n) is 11.1. The highest BCUT2D eigenvalue weighted by atomic mass is 31.0. The van der Waals surface area contributed by atoms with Gasteiger partial charge in [-0.3, -0.25) is 0 Å². The average Bonchev–Trinajstić information content (AvgIpc) is 2.71. The maximum absolute atomic E-state index is 2.33. The van der Waals surface area contributed by atoms with Crippen LogP contribution in [0.3, 0.4) is 0 Å². The summed E-state index contributed by atoms with van der Waals surface area (Å²) in [5.41, 5.74) is 1.69. The summed E-state index contributed by atoms with van der Waals surface area (Å²) in [6, 6.07) is 9.02. The number of rotatable bonds is 6. The molecule has 0 nitrogen and oxygen atoms in total. The number of fused-ring (bicyclic) bond motifs is 1. The van der Waals surface area contributed by atoms with Gasteiger partial charge in [0.15, 0.2) is 0 Å². The number of hydrogen-bond donors (Lipinski definition) is 0. The molecule has 0 saturated carbocycles. The third kappa shape index (κ3) is 2.93. The van der Waals surface area contributed by atoms with E-state index >= 15 is 0 Å². The summed E-state index contributed by atoms with van der Waals surface area (Å²) in [6.45, 7) is 4.58. The van der Waals surface area contributed by atoms with E-state index in [1.165, 1.54) is 38.5 Å². The highest BCUT2D eigenvalue weighted by Gasteiger charge is 2.09. The second-order valence-electron chi connectivity index (χ2n) is 4.83. The Morgan fingerprint density at radius 3 is 2.41 bits per heavy atom. The normalized spacial score (nSPS) is 11.6. The fourth-order valence-corrected chi connectivity index (χ4v) is 4.05. The molecule has 17 heavy (non-hydrogen) atoms. The van der Waals surface area contributed by atoms with Gasteiger partial charge >= 0.3 is 0 Å². The molecule has 0 radical (unpaired) electrons. The van der Waals surface area contributed by atoms with E-state index in [1.54, 1.807) is 21.4 Å². The van der Waals surface area contributed by atoms with Crippen LogP contribution in [0.25, 0.3) is 10.5 Å². The first-order valence-electron chi connectivity index (χ1n) is 6.95. The predicted molar refractivity (Wildman–Crippen MR) is 80.7 cm³/mol. The lowest BCUT2D eigenvalue weighted by molar-refractivity contribution is 0.771. The molecule has 1 atom stereocenters. The lowest BCUT2D eigenvalue weighted by Gasteiger charge is -2.04. The Kier molecular flexibility index (Phi) is 4.68. The van der Waals surface area contributed by atoms with Crippen molar-refractivity contribution in [2.45, 2.75) is 52.4 Å². The number of benzene rings is 1. The summed E-state index contributed by atoms with van der Waals surface area (Å²) in [5.74, 6) is 0. The van der Waals surface area contributed by atoms with E-state index in [0.717, 1.165) is 8.19 Å². The van der Waals surface area contributed by atoms with E-state index in [4.69, 9.17) is 0 Å². The SMILES string of the molecule is CCCCc1[pH]c2ccccc2c1CCCC. The Labute approximate surface area is 107 Å². The summed E-state index contributed by atoms with van der Waals surface area (Å²) in [6.07, 6.45) is 7.92. The van der Waals surface area contributed by atoms with E-state index in [0.29, 0.717) is 0 Å². The standard InChI is InChI=1S/C16H23P/c1-3-5-9-13-14-10-7-8-12-16(14)17-15(13)11-6-4-2/h7-8,10,12,17H,3-6,9,11H2,1-2H3. The maximum atomic E-state index is 2.33. The molecule has 1 heteroatoms. The van der Waals surface area contributed by atoms with Gasteiger partial charge in [-0.1, -0.05) is 51.0 Å². The minimum atomic E-state index is 0.952. The van der Waals surface area contributed by atoms with Crippen molar-refractivity contribution in [3.05, 3.63) is 35.1 Å². The molecule has 0 spiro atoms. The Morgan fingerprint density at radius 1 is 0.941 bits per heavy atom. The smallest absolute Gasteiger partial charge is 0.00127 e. The van der Waals surface area contributed by atoms with Crippen molar-refractivity contribution in [3.63, 3.8) is 0 Å². The third-order valence-corrected chi connectivity index (χ3v) is 5.02. The molecule has 0 aliphatic heterocycles. The Hall–Kier alpha value is -0.740. The Morgan fingerprint density at radius 2 is 1.65 bits per heavy atom. The first kappa shape index (κ1) is 12.7. The molecular formula is C16H23P. The van der Waals surface area contributed by atoms with E-state index < -0.39 is 0 Å². The summed E-state index contributed by atoms with van der Waals surface area (Å²) in [5, 5.41) is 4.90. The van der Waals surface area contributed by atoms with Crippen molar-refractivity contribution in [1.82, 2.24) is 0 Å². The van der Waals surface area contributed by atoms with E-state index in [-0.39, 0.29) is 0 Å². The number of aryl methyl sites for hydroxylation is 2. The van der Waals surface area contributed by atoms with Gasteiger partial charge in [0.25, 0.3) is 0 Å². The molecule has 0 bridgehead atoms. The van der Waals surface area contributed by atoms with Gasteiger partial charge in [0.05, 0.1) is 0 Å². The first-order chi connectivity index (χ1) is 8.36. The van der Waals surface area contributed by atoms with Crippen LogP contribution >= 0.6 is 8.19 Å². The quantitative estimate of drug-likeness (QED) is 0.626. The van der Waals surface area contributed by atoms with Gasteiger partial charge in [0.2, 0.25) is 0 Å². The summed E-state index contributed by atoms with van der Waals surface area (Å²) in [7, 11) is 0.952. The molecule has 1 heterocycles. The average molecular weight is 246 g/mol. The molecule has 0 fully saturated rings. The summed E-state index contributed by atoms with van der Waals surface area (Å²) < 4.78 is 0. The van der Waals surface area contributed by atoms with E-state index in [2.05, 4.69) is 38.1 Å². The molecular weight excluding hydrogens is 223 g/mol. The van der Waals surface area contributed by atoms with Crippen LogP contribution < -0.4 is 0 Å². The second-order valence-corrected chi connectivity index (χ2v) is 6.23. The zero-order chi connectivity index (χ0) is 12.1. The van der Waals surface area contributed by atoms with E-state index in [1.807, 2.05) is 0 Å². The van der Waals surface area contributed by atoms with Crippen molar-refractivity contribution >= 4 is 18.7 Å². The van der Waals surface area contributed by atoms with Gasteiger partial charge in [-0.25, -0.2) is 0 Å². The van der Waals surface area contributed by atoms with E-state index in [9.17, 15) is 0 Å². The molecule has 0 N–H and O–H groups in total. The van der Waals surface area contributed by atoms with Crippen molar-refractivity contribution in [1.29, 1.82) is 0 Å². The van der Waals surface area contributed by atoms with Gasteiger partial charge in [0, 0.05) is 0 Å². The van der Waals surface area contributed by atoms with Crippen LogP contribution in [0.2, 0.25) is 0 Å². The Bertz CT molecular complexity index is 467. The monoisotopic (exact) mass is 246 g/mol. The lowest BCUT2D eigenvalue weighted by atomic mass is 10.0. The molecule has 0 aliphatic carbocycles. The van der Waals surface area contributed by atoms with Crippen LogP contribution in [0, 0.1) is 0 Å². The minimum Gasteiger partial charge on any atom is -0.128 e. The van der Waals surface area contributed by atoms with Crippen molar-refractivity contribution in [2.75, 3.05) is 0 Å². The molecule has 2 aromatic rings. The number of hydrogen-bond acceptors (Lipinski definition) is 0. The fourth-order valence-electron chi connectivity index (χ4n) is 2.46. The zero-order valence-corrected chi connectivity index (χ0v) is 12.1. The van der Waals surface area contributed by atoms with Crippen LogP contribution in [0.1, 0.15) is 50.4 Å². The van der Waals surface area contributed by atoms with Crippen LogP contribution in [0.15, 0.2) is 24.3 Å². The molecule has 1 aromatic carbocycles. The number of unbranched alkanes of at least 4 members (excludes halogenated alkanes) is 2. The predicted octanol–water partition coefficient (Wildman–Crippen LogP) is 5.56. The van der Waals surface area contributed by atoms with Crippen LogP contribution in [0.4, 0.5) is 0 Å². The molecule has 1 aromatic heterocycles. The third-order valence-electron chi connectivity index (χ3n) is 3.46. The molecule has 0 aliphatic rings. The molecule has 92 valence electrons. The van der Waals surface area contributed by atoms with Crippen LogP contribution in [-0.2, 0) is 12.8 Å². The van der Waals surface area contributed by atoms with Gasteiger partial charge in [-0.2, -0.15) is 0 Å². The van der Waals surface area contributed by atoms with Crippen LogP contribution in [0.5, 0.6) is 0 Å². The molecule has 0 saturated heterocycles. The van der Waals surface area contributed by atoms with Crippen molar-refractivity contribution in [3.8, 4) is 0 Å². The summed E-state index contributed by atoms with van der Waals surface area (Å²) >= 11 is 0. The Balaban J connectivity index is 2.34. The minimum absolute atomic E-state index is 0.952. The van der Waals surface area contributed by atoms with Gasteiger partial charge < -0.3 is 0 Å². The summed E-state index contributed by atoms with van der Waals surface area (Å²) in [4.78, 5) is 0. The van der Waals surface area contributed by atoms with Crippen molar-refractivity contribution < 1.29 is 0 Å².